The molecule has 0 unspecified atom stereocenters. The summed E-state index contributed by atoms with van der Waals surface area (Å²) in [6.45, 7) is 6.20. The standard InChI is InChI=1S/C19H23F3N2O4/c1-18(2,3)28-17(26)23-8-6-13(7-9-23)24-15-11-14(27-19(20,21)22)5-4-12(15)10-16(24)25/h4-5,11,13H,6-10H2,1-3H3. The van der Waals surface area contributed by atoms with Gasteiger partial charge < -0.3 is 19.3 Å². The van der Waals surface area contributed by atoms with Crippen molar-refractivity contribution in [2.75, 3.05) is 18.0 Å². The monoisotopic (exact) mass is 400 g/mol. The smallest absolute Gasteiger partial charge is 0.444 e. The number of hydrogen-bond donors (Lipinski definition) is 0. The first kappa shape index (κ1) is 20.3. The van der Waals surface area contributed by atoms with Gasteiger partial charge in [0.05, 0.1) is 12.1 Å². The van der Waals surface area contributed by atoms with Crippen molar-refractivity contribution in [1.82, 2.24) is 4.90 Å². The van der Waals surface area contributed by atoms with Gasteiger partial charge in [-0.1, -0.05) is 6.07 Å². The zero-order valence-corrected chi connectivity index (χ0v) is 16.0. The lowest BCUT2D eigenvalue weighted by Crippen LogP contribution is -2.49. The van der Waals surface area contributed by atoms with Crippen LogP contribution in [0, 0.1) is 0 Å². The first-order valence-corrected chi connectivity index (χ1v) is 9.11. The molecule has 2 heterocycles. The van der Waals surface area contributed by atoms with Crippen LogP contribution in [-0.2, 0) is 16.0 Å². The Balaban J connectivity index is 1.70. The summed E-state index contributed by atoms with van der Waals surface area (Å²) in [7, 11) is 0. The summed E-state index contributed by atoms with van der Waals surface area (Å²) in [5.74, 6) is -0.507. The lowest BCUT2D eigenvalue weighted by Gasteiger charge is -2.37. The first-order valence-electron chi connectivity index (χ1n) is 9.11. The molecule has 1 aromatic carbocycles. The van der Waals surface area contributed by atoms with Gasteiger partial charge in [0.2, 0.25) is 5.91 Å². The zero-order chi connectivity index (χ0) is 20.7. The number of alkyl halides is 3. The number of likely N-dealkylation sites (tertiary alicyclic amines) is 1. The van der Waals surface area contributed by atoms with Crippen LogP contribution in [0.25, 0.3) is 0 Å². The van der Waals surface area contributed by atoms with Gasteiger partial charge in [0.1, 0.15) is 11.4 Å². The van der Waals surface area contributed by atoms with Crippen LogP contribution in [0.4, 0.5) is 23.7 Å². The van der Waals surface area contributed by atoms with E-state index in [1.165, 1.54) is 18.2 Å². The first-order chi connectivity index (χ1) is 12.9. The van der Waals surface area contributed by atoms with Crippen molar-refractivity contribution in [2.45, 2.75) is 58.0 Å². The SMILES string of the molecule is CC(C)(C)OC(=O)N1CCC(N2C(=O)Cc3ccc(OC(F)(F)F)cc32)CC1. The fourth-order valence-electron chi connectivity index (χ4n) is 3.53. The minimum Gasteiger partial charge on any atom is -0.444 e. The van der Waals surface area contributed by atoms with Crippen molar-refractivity contribution in [3.05, 3.63) is 23.8 Å². The fraction of sp³-hybridized carbons (Fsp3) is 0.579. The van der Waals surface area contributed by atoms with Gasteiger partial charge in [-0.3, -0.25) is 4.79 Å². The van der Waals surface area contributed by atoms with Crippen molar-refractivity contribution in [3.8, 4) is 5.75 Å². The predicted octanol–water partition coefficient (Wildman–Crippen LogP) is 3.87. The second-order valence-corrected chi connectivity index (χ2v) is 7.98. The van der Waals surface area contributed by atoms with Gasteiger partial charge in [-0.05, 0) is 45.2 Å². The van der Waals surface area contributed by atoms with E-state index in [4.69, 9.17) is 4.74 Å². The van der Waals surface area contributed by atoms with E-state index in [-0.39, 0.29) is 24.1 Å². The summed E-state index contributed by atoms with van der Waals surface area (Å²) in [4.78, 5) is 27.8. The normalized spacial score (nSPS) is 18.3. The third-order valence-corrected chi connectivity index (χ3v) is 4.64. The molecule has 0 spiro atoms. The van der Waals surface area contributed by atoms with Crippen LogP contribution in [0.3, 0.4) is 0 Å². The quantitative estimate of drug-likeness (QED) is 0.756. The molecular formula is C19H23F3N2O4. The molecule has 3 rings (SSSR count). The van der Waals surface area contributed by atoms with Gasteiger partial charge >= 0.3 is 12.5 Å². The molecule has 2 amide bonds. The molecule has 0 radical (unpaired) electrons. The Labute approximate surface area is 161 Å². The molecule has 0 N–H and O–H groups in total. The van der Waals surface area contributed by atoms with E-state index in [0.29, 0.717) is 37.2 Å². The van der Waals surface area contributed by atoms with Crippen LogP contribution in [0.15, 0.2) is 18.2 Å². The number of carbonyl (C=O) groups excluding carboxylic acids is 2. The van der Waals surface area contributed by atoms with Crippen LogP contribution in [-0.4, -0.2) is 48.0 Å². The largest absolute Gasteiger partial charge is 0.573 e. The van der Waals surface area contributed by atoms with Crippen LogP contribution >= 0.6 is 0 Å². The average Bonchev–Trinajstić information content (AvgIpc) is 2.87. The van der Waals surface area contributed by atoms with Crippen molar-refractivity contribution in [2.24, 2.45) is 0 Å². The van der Waals surface area contributed by atoms with E-state index in [9.17, 15) is 22.8 Å². The highest BCUT2D eigenvalue weighted by Crippen LogP contribution is 2.37. The van der Waals surface area contributed by atoms with E-state index >= 15 is 0 Å². The molecular weight excluding hydrogens is 377 g/mol. The number of benzene rings is 1. The fourth-order valence-corrected chi connectivity index (χ4v) is 3.53. The number of anilines is 1. The highest BCUT2D eigenvalue weighted by molar-refractivity contribution is 6.02. The van der Waals surface area contributed by atoms with Gasteiger partial charge in [0.15, 0.2) is 0 Å². The molecule has 0 aromatic heterocycles. The summed E-state index contributed by atoms with van der Waals surface area (Å²) in [5.41, 5.74) is 0.531. The maximum Gasteiger partial charge on any atom is 0.573 e. The number of nitrogens with zero attached hydrogens (tertiary/aromatic N) is 2. The Bertz CT molecular complexity index is 765. The number of halogens is 3. The van der Waals surface area contributed by atoms with Crippen LogP contribution in [0.5, 0.6) is 5.75 Å². The van der Waals surface area contributed by atoms with Crippen LogP contribution in [0.2, 0.25) is 0 Å². The van der Waals surface area contributed by atoms with Gasteiger partial charge in [-0.25, -0.2) is 4.79 Å². The summed E-state index contributed by atoms with van der Waals surface area (Å²) < 4.78 is 46.9. The number of ether oxygens (including phenoxy) is 2. The molecule has 2 aliphatic heterocycles. The number of hydrogen-bond acceptors (Lipinski definition) is 4. The predicted molar refractivity (Wildman–Crippen MR) is 95.1 cm³/mol. The van der Waals surface area contributed by atoms with E-state index in [1.807, 2.05) is 0 Å². The Hall–Kier alpha value is -2.45. The van der Waals surface area contributed by atoms with Gasteiger partial charge in [0.25, 0.3) is 0 Å². The van der Waals surface area contributed by atoms with E-state index in [0.717, 1.165) is 0 Å². The Morgan fingerprint density at radius 3 is 2.36 bits per heavy atom. The molecule has 1 saturated heterocycles. The van der Waals surface area contributed by atoms with Gasteiger partial charge in [0, 0.05) is 25.2 Å². The molecule has 1 fully saturated rings. The molecule has 1 aromatic rings. The average molecular weight is 400 g/mol. The van der Waals surface area contributed by atoms with E-state index < -0.39 is 18.1 Å². The maximum atomic E-state index is 12.5. The minimum atomic E-state index is -4.79. The Morgan fingerprint density at radius 1 is 1.14 bits per heavy atom. The molecule has 0 saturated carbocycles. The summed E-state index contributed by atoms with van der Waals surface area (Å²) >= 11 is 0. The second-order valence-electron chi connectivity index (χ2n) is 7.98. The molecule has 2 aliphatic rings. The van der Waals surface area contributed by atoms with Crippen molar-refractivity contribution < 1.29 is 32.2 Å². The Kier molecular flexibility index (Phi) is 5.20. The molecule has 28 heavy (non-hydrogen) atoms. The third-order valence-electron chi connectivity index (χ3n) is 4.64. The lowest BCUT2D eigenvalue weighted by molar-refractivity contribution is -0.274. The molecule has 154 valence electrons. The zero-order valence-electron chi connectivity index (χ0n) is 16.0. The molecule has 6 nitrogen and oxygen atoms in total. The van der Waals surface area contributed by atoms with Crippen molar-refractivity contribution in [1.29, 1.82) is 0 Å². The Morgan fingerprint density at radius 2 is 1.79 bits per heavy atom. The third kappa shape index (κ3) is 4.69. The van der Waals surface area contributed by atoms with Crippen molar-refractivity contribution >= 4 is 17.7 Å². The number of carbonyl (C=O) groups is 2. The maximum absolute atomic E-state index is 12.5. The van der Waals surface area contributed by atoms with Crippen LogP contribution < -0.4 is 9.64 Å². The highest BCUT2D eigenvalue weighted by atomic mass is 19.4. The lowest BCUT2D eigenvalue weighted by atomic mass is 10.0. The molecule has 9 heteroatoms. The van der Waals surface area contributed by atoms with E-state index in [1.54, 1.807) is 30.6 Å². The number of rotatable bonds is 2. The number of amides is 2. The van der Waals surface area contributed by atoms with Gasteiger partial charge in [-0.15, -0.1) is 13.2 Å². The minimum absolute atomic E-state index is 0.147. The molecule has 0 atom stereocenters. The molecule has 0 aliphatic carbocycles. The molecule has 0 bridgehead atoms. The summed E-state index contributed by atoms with van der Waals surface area (Å²) in [6, 6.07) is 3.78. The highest BCUT2D eigenvalue weighted by Gasteiger charge is 2.38. The number of piperidine rings is 1. The second kappa shape index (κ2) is 7.18. The van der Waals surface area contributed by atoms with Crippen molar-refractivity contribution in [3.63, 3.8) is 0 Å². The number of fused-ring (bicyclic) bond motifs is 1. The summed E-state index contributed by atoms with van der Waals surface area (Å²) in [5, 5.41) is 0. The van der Waals surface area contributed by atoms with Gasteiger partial charge in [-0.2, -0.15) is 0 Å². The van der Waals surface area contributed by atoms with E-state index in [2.05, 4.69) is 4.74 Å². The summed E-state index contributed by atoms with van der Waals surface area (Å²) in [6.07, 6.45) is -4.00. The van der Waals surface area contributed by atoms with Crippen LogP contribution in [0.1, 0.15) is 39.2 Å². The topological polar surface area (TPSA) is 59.1 Å².